The van der Waals surface area contributed by atoms with Gasteiger partial charge in [0.05, 0.1) is 12.0 Å². The Morgan fingerprint density at radius 1 is 1.10 bits per heavy atom. The number of carbonyl (C=O) groups is 2. The first kappa shape index (κ1) is 23.0. The van der Waals surface area contributed by atoms with Crippen LogP contribution >= 0.6 is 0 Å². The number of hydrogen-bond donors (Lipinski definition) is 2. The van der Waals surface area contributed by atoms with E-state index in [4.69, 9.17) is 5.11 Å². The minimum absolute atomic E-state index is 0.0931. The SMILES string of the molecule is C[C@H](CCC[C@@H](C)[C@H]1CC[C@H]2[C@@H]3C(=O)C=C4C[C@@H](O)CC[C@]4(C)[C@H]3CC[C@]12C)C(=O)O. The summed E-state index contributed by atoms with van der Waals surface area (Å²) >= 11 is 0. The molecule has 0 aromatic heterocycles. The van der Waals surface area contributed by atoms with E-state index in [-0.39, 0.29) is 28.8 Å². The van der Waals surface area contributed by atoms with Crippen molar-refractivity contribution in [2.75, 3.05) is 0 Å². The Balaban J connectivity index is 1.49. The molecule has 3 saturated carbocycles. The maximum Gasteiger partial charge on any atom is 0.306 e. The second-order valence-electron chi connectivity index (χ2n) is 12.0. The Morgan fingerprint density at radius 3 is 2.55 bits per heavy atom. The molecule has 0 radical (unpaired) electrons. The van der Waals surface area contributed by atoms with Crippen molar-refractivity contribution in [1.82, 2.24) is 0 Å². The number of ketones is 1. The molecule has 0 aromatic carbocycles. The normalized spacial score (nSPS) is 44.0. The summed E-state index contributed by atoms with van der Waals surface area (Å²) in [6.07, 6.45) is 11.7. The average Bonchev–Trinajstić information content (AvgIpc) is 3.06. The first-order valence-corrected chi connectivity index (χ1v) is 12.7. The molecule has 2 N–H and O–H groups in total. The highest BCUT2D eigenvalue weighted by atomic mass is 16.4. The quantitative estimate of drug-likeness (QED) is 0.572. The highest BCUT2D eigenvalue weighted by Gasteiger charge is 2.61. The van der Waals surface area contributed by atoms with Crippen molar-refractivity contribution < 1.29 is 19.8 Å². The van der Waals surface area contributed by atoms with Crippen LogP contribution in [0.2, 0.25) is 0 Å². The Hall–Kier alpha value is -1.16. The summed E-state index contributed by atoms with van der Waals surface area (Å²) in [6, 6.07) is 0. The van der Waals surface area contributed by atoms with Crippen LogP contribution in [0.5, 0.6) is 0 Å². The number of hydrogen-bond acceptors (Lipinski definition) is 3. The van der Waals surface area contributed by atoms with Gasteiger partial charge < -0.3 is 10.2 Å². The zero-order valence-corrected chi connectivity index (χ0v) is 19.9. The van der Waals surface area contributed by atoms with Crippen LogP contribution in [-0.4, -0.2) is 28.1 Å². The van der Waals surface area contributed by atoms with E-state index in [1.54, 1.807) is 0 Å². The summed E-state index contributed by atoms with van der Waals surface area (Å²) in [5, 5.41) is 19.3. The molecule has 4 aliphatic carbocycles. The Morgan fingerprint density at radius 2 is 1.84 bits per heavy atom. The third-order valence-electron chi connectivity index (χ3n) is 10.4. The van der Waals surface area contributed by atoms with Crippen LogP contribution in [0.15, 0.2) is 11.6 Å². The summed E-state index contributed by atoms with van der Waals surface area (Å²) in [4.78, 5) is 24.5. The molecule has 0 heterocycles. The van der Waals surface area contributed by atoms with Crippen LogP contribution in [0, 0.1) is 46.3 Å². The van der Waals surface area contributed by atoms with Gasteiger partial charge in [-0.2, -0.15) is 0 Å². The van der Waals surface area contributed by atoms with Gasteiger partial charge in [0, 0.05) is 5.92 Å². The van der Waals surface area contributed by atoms with Crippen molar-refractivity contribution in [3.05, 3.63) is 11.6 Å². The van der Waals surface area contributed by atoms with E-state index >= 15 is 0 Å². The molecule has 0 unspecified atom stereocenters. The van der Waals surface area contributed by atoms with Crippen LogP contribution in [0.4, 0.5) is 0 Å². The van der Waals surface area contributed by atoms with Crippen LogP contribution in [0.25, 0.3) is 0 Å². The molecule has 0 amide bonds. The van der Waals surface area contributed by atoms with Crippen LogP contribution in [-0.2, 0) is 9.59 Å². The zero-order chi connectivity index (χ0) is 22.6. The molecule has 0 spiro atoms. The third-order valence-corrected chi connectivity index (χ3v) is 10.4. The molecule has 174 valence electrons. The van der Waals surface area contributed by atoms with Gasteiger partial charge in [0.25, 0.3) is 0 Å². The van der Waals surface area contributed by atoms with E-state index < -0.39 is 5.97 Å². The van der Waals surface area contributed by atoms with E-state index in [1.165, 1.54) is 18.4 Å². The molecule has 4 nitrogen and oxygen atoms in total. The standard InChI is InChI=1S/C27H42O4/c1-16(6-5-7-17(2)25(30)31)20-8-9-21-24-22(11-13-27(20,21)4)26(3)12-10-19(28)14-18(26)15-23(24)29/h15-17,19-22,24,28H,5-14H2,1-4H3,(H,30,31)/t16-,17-,19+,20-,21+,22+,24+,26+,27-/m1/s1. The van der Waals surface area contributed by atoms with Crippen LogP contribution in [0.1, 0.15) is 91.9 Å². The monoisotopic (exact) mass is 430 g/mol. The molecule has 0 aromatic rings. The third kappa shape index (κ3) is 3.81. The molecule has 0 aliphatic heterocycles. The van der Waals surface area contributed by atoms with Gasteiger partial charge in [-0.15, -0.1) is 0 Å². The molecule has 31 heavy (non-hydrogen) atoms. The summed E-state index contributed by atoms with van der Waals surface area (Å²) < 4.78 is 0. The fraction of sp³-hybridized carbons (Fsp3) is 0.852. The predicted molar refractivity (Wildman–Crippen MR) is 121 cm³/mol. The van der Waals surface area contributed by atoms with Crippen molar-refractivity contribution in [2.24, 2.45) is 46.3 Å². The Labute approximate surface area is 187 Å². The fourth-order valence-corrected chi connectivity index (χ4v) is 8.43. The Kier molecular flexibility index (Phi) is 6.17. The molecule has 9 atom stereocenters. The lowest BCUT2D eigenvalue weighted by Gasteiger charge is -2.57. The van der Waals surface area contributed by atoms with E-state index in [0.717, 1.165) is 44.9 Å². The van der Waals surface area contributed by atoms with Gasteiger partial charge in [-0.1, -0.05) is 46.1 Å². The molecular weight excluding hydrogens is 388 g/mol. The number of allylic oxidation sites excluding steroid dienone is 1. The lowest BCUT2D eigenvalue weighted by Crippen LogP contribution is -2.53. The number of rotatable bonds is 6. The maximum absolute atomic E-state index is 13.4. The van der Waals surface area contributed by atoms with Crippen molar-refractivity contribution in [3.63, 3.8) is 0 Å². The molecule has 4 heteroatoms. The molecule has 0 saturated heterocycles. The van der Waals surface area contributed by atoms with E-state index in [2.05, 4.69) is 20.8 Å². The van der Waals surface area contributed by atoms with E-state index in [0.29, 0.717) is 35.9 Å². The van der Waals surface area contributed by atoms with Gasteiger partial charge in [0.1, 0.15) is 0 Å². The van der Waals surface area contributed by atoms with Gasteiger partial charge in [0.15, 0.2) is 5.78 Å². The summed E-state index contributed by atoms with van der Waals surface area (Å²) in [6.45, 7) is 9.00. The minimum atomic E-state index is -0.689. The number of aliphatic hydroxyl groups is 1. The van der Waals surface area contributed by atoms with Gasteiger partial charge >= 0.3 is 5.97 Å². The summed E-state index contributed by atoms with van der Waals surface area (Å²) in [5.74, 6) is 1.69. The van der Waals surface area contributed by atoms with Crippen LogP contribution < -0.4 is 0 Å². The summed E-state index contributed by atoms with van der Waals surface area (Å²) in [5.41, 5.74) is 1.54. The van der Waals surface area contributed by atoms with Gasteiger partial charge in [-0.05, 0) is 91.9 Å². The van der Waals surface area contributed by atoms with Gasteiger partial charge in [0.2, 0.25) is 0 Å². The number of carboxylic acids is 1. The number of fused-ring (bicyclic) bond motifs is 5. The lowest BCUT2D eigenvalue weighted by molar-refractivity contribution is -0.141. The molecular formula is C27H42O4. The number of carbonyl (C=O) groups excluding carboxylic acids is 1. The molecule has 0 bridgehead atoms. The highest BCUT2D eigenvalue weighted by molar-refractivity contribution is 5.94. The first-order valence-electron chi connectivity index (χ1n) is 12.7. The second-order valence-corrected chi connectivity index (χ2v) is 12.0. The second kappa shape index (κ2) is 8.32. The summed E-state index contributed by atoms with van der Waals surface area (Å²) in [7, 11) is 0. The van der Waals surface area contributed by atoms with Crippen LogP contribution in [0.3, 0.4) is 0 Å². The maximum atomic E-state index is 13.4. The fourth-order valence-electron chi connectivity index (χ4n) is 8.43. The number of aliphatic carboxylic acids is 1. The first-order chi connectivity index (χ1) is 14.6. The smallest absolute Gasteiger partial charge is 0.306 e. The topological polar surface area (TPSA) is 74.6 Å². The van der Waals surface area contributed by atoms with Gasteiger partial charge in [-0.25, -0.2) is 0 Å². The van der Waals surface area contributed by atoms with Crippen molar-refractivity contribution in [2.45, 2.75) is 98.0 Å². The Bertz CT molecular complexity index is 756. The molecule has 4 rings (SSSR count). The van der Waals surface area contributed by atoms with E-state index in [1.807, 2.05) is 13.0 Å². The number of carboxylic acid groups (broad SMARTS) is 1. The largest absolute Gasteiger partial charge is 0.481 e. The van der Waals surface area contributed by atoms with Crippen molar-refractivity contribution in [1.29, 1.82) is 0 Å². The molecule has 4 aliphatic rings. The van der Waals surface area contributed by atoms with Gasteiger partial charge in [-0.3, -0.25) is 9.59 Å². The average molecular weight is 431 g/mol. The number of aliphatic hydroxyl groups excluding tert-OH is 1. The zero-order valence-electron chi connectivity index (χ0n) is 19.9. The van der Waals surface area contributed by atoms with E-state index in [9.17, 15) is 14.7 Å². The van der Waals surface area contributed by atoms with Crippen molar-refractivity contribution >= 4 is 11.8 Å². The predicted octanol–water partition coefficient (Wildman–Crippen LogP) is 5.63. The minimum Gasteiger partial charge on any atom is -0.481 e. The van der Waals surface area contributed by atoms with Crippen molar-refractivity contribution in [3.8, 4) is 0 Å². The highest BCUT2D eigenvalue weighted by Crippen LogP contribution is 2.66. The molecule has 3 fully saturated rings. The lowest BCUT2D eigenvalue weighted by atomic mass is 9.46.